The highest BCUT2D eigenvalue weighted by Gasteiger charge is 2.24. The van der Waals surface area contributed by atoms with Gasteiger partial charge in [0.15, 0.2) is 0 Å². The van der Waals surface area contributed by atoms with E-state index in [1.807, 2.05) is 0 Å². The lowest BCUT2D eigenvalue weighted by Gasteiger charge is -2.31. The Hall–Kier alpha value is -2.24. The van der Waals surface area contributed by atoms with Crippen molar-refractivity contribution in [1.82, 2.24) is 4.90 Å². The van der Waals surface area contributed by atoms with Crippen LogP contribution in [0.25, 0.3) is 0 Å². The number of amidine groups is 1. The summed E-state index contributed by atoms with van der Waals surface area (Å²) in [6.07, 6.45) is 1.51. The molecule has 0 spiro atoms. The molecule has 1 heterocycles. The van der Waals surface area contributed by atoms with Gasteiger partial charge < -0.3 is 20.7 Å². The van der Waals surface area contributed by atoms with E-state index in [2.05, 4.69) is 5.32 Å². The Labute approximate surface area is 118 Å². The largest absolute Gasteiger partial charge is 0.497 e. The zero-order chi connectivity index (χ0) is 14.5. The van der Waals surface area contributed by atoms with Crippen LogP contribution < -0.4 is 15.8 Å². The van der Waals surface area contributed by atoms with Crippen LogP contribution in [0.4, 0.5) is 10.5 Å². The minimum Gasteiger partial charge on any atom is -0.497 e. The highest BCUT2D eigenvalue weighted by molar-refractivity contribution is 5.89. The van der Waals surface area contributed by atoms with Crippen molar-refractivity contribution in [3.05, 3.63) is 24.3 Å². The zero-order valence-corrected chi connectivity index (χ0v) is 11.6. The minimum absolute atomic E-state index is 0.111. The van der Waals surface area contributed by atoms with Gasteiger partial charge in [0.25, 0.3) is 0 Å². The summed E-state index contributed by atoms with van der Waals surface area (Å²) >= 11 is 0. The Morgan fingerprint density at radius 1 is 1.35 bits per heavy atom. The summed E-state index contributed by atoms with van der Waals surface area (Å²) in [5.41, 5.74) is 6.23. The molecule has 0 unspecified atom stereocenters. The number of piperidine rings is 1. The minimum atomic E-state index is -0.114. The number of carbonyl (C=O) groups is 1. The molecule has 2 rings (SSSR count). The second kappa shape index (κ2) is 6.27. The molecule has 1 saturated heterocycles. The molecule has 20 heavy (non-hydrogen) atoms. The van der Waals surface area contributed by atoms with Crippen molar-refractivity contribution in [3.63, 3.8) is 0 Å². The quantitative estimate of drug-likeness (QED) is 0.581. The second-order valence-electron chi connectivity index (χ2n) is 4.88. The first kappa shape index (κ1) is 14.2. The van der Waals surface area contributed by atoms with E-state index in [4.69, 9.17) is 15.9 Å². The first-order valence-corrected chi connectivity index (χ1v) is 6.64. The number of nitrogens with zero attached hydrogens (tertiary/aromatic N) is 1. The van der Waals surface area contributed by atoms with E-state index in [1.165, 1.54) is 0 Å². The van der Waals surface area contributed by atoms with Crippen molar-refractivity contribution < 1.29 is 9.53 Å². The highest BCUT2D eigenvalue weighted by Crippen LogP contribution is 2.19. The number of nitrogens with two attached hydrogens (primary N) is 1. The number of amides is 2. The highest BCUT2D eigenvalue weighted by atomic mass is 16.5. The summed E-state index contributed by atoms with van der Waals surface area (Å²) in [6.45, 7) is 1.26. The van der Waals surface area contributed by atoms with Gasteiger partial charge in [-0.05, 0) is 37.1 Å². The number of likely N-dealkylation sites (tertiary alicyclic amines) is 1. The van der Waals surface area contributed by atoms with E-state index >= 15 is 0 Å². The molecule has 1 aromatic rings. The van der Waals surface area contributed by atoms with E-state index in [-0.39, 0.29) is 17.8 Å². The number of methoxy groups -OCH3 is 1. The number of rotatable bonds is 3. The van der Waals surface area contributed by atoms with Gasteiger partial charge >= 0.3 is 6.03 Å². The van der Waals surface area contributed by atoms with Gasteiger partial charge in [-0.25, -0.2) is 4.79 Å². The van der Waals surface area contributed by atoms with Gasteiger partial charge in [0, 0.05) is 24.7 Å². The molecule has 2 amide bonds. The first-order chi connectivity index (χ1) is 9.60. The standard InChI is InChI=1S/C14H20N4O2/c1-20-12-4-2-11(3-5-12)17-14(19)18-8-6-10(7-9-18)13(15)16/h2-5,10H,6-9H2,1H3,(H3,15,16)(H,17,19). The number of ether oxygens (including phenoxy) is 1. The summed E-state index contributed by atoms with van der Waals surface area (Å²) < 4.78 is 5.07. The van der Waals surface area contributed by atoms with Crippen LogP contribution in [-0.2, 0) is 0 Å². The van der Waals surface area contributed by atoms with Gasteiger partial charge in [0.1, 0.15) is 5.75 Å². The third kappa shape index (κ3) is 3.40. The maximum absolute atomic E-state index is 12.1. The average molecular weight is 276 g/mol. The Balaban J connectivity index is 1.87. The van der Waals surface area contributed by atoms with Crippen LogP contribution in [0.15, 0.2) is 24.3 Å². The Morgan fingerprint density at radius 3 is 2.45 bits per heavy atom. The fraction of sp³-hybridized carbons (Fsp3) is 0.429. The van der Waals surface area contributed by atoms with Crippen LogP contribution in [-0.4, -0.2) is 37.0 Å². The molecule has 0 aliphatic carbocycles. The van der Waals surface area contributed by atoms with Gasteiger partial charge in [-0.2, -0.15) is 0 Å². The molecule has 0 radical (unpaired) electrons. The summed E-state index contributed by atoms with van der Waals surface area (Å²) in [5.74, 6) is 1.09. The number of carbonyl (C=O) groups excluding carboxylic acids is 1. The molecule has 1 aliphatic heterocycles. The molecule has 6 nitrogen and oxygen atoms in total. The lowest BCUT2D eigenvalue weighted by molar-refractivity contribution is 0.193. The molecule has 6 heteroatoms. The number of hydrogen-bond donors (Lipinski definition) is 3. The molecule has 1 aromatic carbocycles. The normalized spacial score (nSPS) is 15.8. The summed E-state index contributed by atoms with van der Waals surface area (Å²) in [5, 5.41) is 10.3. The molecule has 0 bridgehead atoms. The van der Waals surface area contributed by atoms with Gasteiger partial charge in [-0.1, -0.05) is 0 Å². The van der Waals surface area contributed by atoms with Gasteiger partial charge in [0.2, 0.25) is 0 Å². The molecule has 0 aromatic heterocycles. The maximum atomic E-state index is 12.1. The molecule has 1 fully saturated rings. The molecular formula is C14H20N4O2. The molecule has 1 aliphatic rings. The van der Waals surface area contributed by atoms with Gasteiger partial charge in [0.05, 0.1) is 12.9 Å². The van der Waals surface area contributed by atoms with E-state index in [0.29, 0.717) is 13.1 Å². The predicted molar refractivity (Wildman–Crippen MR) is 78.2 cm³/mol. The number of nitrogens with one attached hydrogen (secondary N) is 2. The average Bonchev–Trinajstić information content (AvgIpc) is 2.48. The van der Waals surface area contributed by atoms with E-state index in [1.54, 1.807) is 36.3 Å². The SMILES string of the molecule is COc1ccc(NC(=O)N2CCC(C(=N)N)CC2)cc1. The van der Waals surface area contributed by atoms with Gasteiger partial charge in [-0.15, -0.1) is 0 Å². The number of hydrogen-bond acceptors (Lipinski definition) is 3. The summed E-state index contributed by atoms with van der Waals surface area (Å²) in [4.78, 5) is 13.9. The summed E-state index contributed by atoms with van der Waals surface area (Å²) in [7, 11) is 1.60. The van der Waals surface area contributed by atoms with Crippen molar-refractivity contribution in [2.75, 3.05) is 25.5 Å². The predicted octanol–water partition coefficient (Wildman–Crippen LogP) is 1.88. The van der Waals surface area contributed by atoms with Crippen molar-refractivity contribution in [1.29, 1.82) is 5.41 Å². The zero-order valence-electron chi connectivity index (χ0n) is 11.6. The van der Waals surface area contributed by atoms with Crippen LogP contribution in [0, 0.1) is 11.3 Å². The lowest BCUT2D eigenvalue weighted by atomic mass is 9.96. The van der Waals surface area contributed by atoms with Crippen LogP contribution in [0.5, 0.6) is 5.75 Å². The Morgan fingerprint density at radius 2 is 1.95 bits per heavy atom. The van der Waals surface area contributed by atoms with Crippen molar-refractivity contribution in [2.45, 2.75) is 12.8 Å². The van der Waals surface area contributed by atoms with Crippen LogP contribution >= 0.6 is 0 Å². The smallest absolute Gasteiger partial charge is 0.321 e. The lowest BCUT2D eigenvalue weighted by Crippen LogP contribution is -2.43. The van der Waals surface area contributed by atoms with E-state index in [9.17, 15) is 4.79 Å². The maximum Gasteiger partial charge on any atom is 0.321 e. The molecule has 108 valence electrons. The molecule has 0 saturated carbocycles. The summed E-state index contributed by atoms with van der Waals surface area (Å²) in [6, 6.07) is 7.10. The van der Waals surface area contributed by atoms with Crippen molar-refractivity contribution in [3.8, 4) is 5.75 Å². The van der Waals surface area contributed by atoms with E-state index < -0.39 is 0 Å². The Kier molecular flexibility index (Phi) is 4.45. The fourth-order valence-electron chi connectivity index (χ4n) is 2.27. The second-order valence-corrected chi connectivity index (χ2v) is 4.88. The van der Waals surface area contributed by atoms with Crippen molar-refractivity contribution in [2.24, 2.45) is 11.7 Å². The third-order valence-corrected chi connectivity index (χ3v) is 3.56. The van der Waals surface area contributed by atoms with Crippen LogP contribution in [0.3, 0.4) is 0 Å². The molecule has 0 atom stereocenters. The first-order valence-electron chi connectivity index (χ1n) is 6.64. The number of benzene rings is 1. The monoisotopic (exact) mass is 276 g/mol. The van der Waals surface area contributed by atoms with Crippen molar-refractivity contribution >= 4 is 17.6 Å². The molecule has 4 N–H and O–H groups in total. The van der Waals surface area contributed by atoms with Crippen LogP contribution in [0.1, 0.15) is 12.8 Å². The Bertz CT molecular complexity index is 478. The van der Waals surface area contributed by atoms with Crippen LogP contribution in [0.2, 0.25) is 0 Å². The third-order valence-electron chi connectivity index (χ3n) is 3.56. The molecular weight excluding hydrogens is 256 g/mol. The fourth-order valence-corrected chi connectivity index (χ4v) is 2.27. The topological polar surface area (TPSA) is 91.4 Å². The van der Waals surface area contributed by atoms with Gasteiger partial charge in [-0.3, -0.25) is 5.41 Å². The number of urea groups is 1. The van der Waals surface area contributed by atoms with E-state index in [0.717, 1.165) is 24.3 Å². The number of anilines is 1.